The zero-order chi connectivity index (χ0) is 19.3. The molecule has 3 aromatic heterocycles. The van der Waals surface area contributed by atoms with E-state index in [1.807, 2.05) is 29.6 Å². The summed E-state index contributed by atoms with van der Waals surface area (Å²) in [6, 6.07) is 3.99. The van der Waals surface area contributed by atoms with E-state index in [0.29, 0.717) is 19.0 Å². The van der Waals surface area contributed by atoms with Crippen LogP contribution < -0.4 is 0 Å². The summed E-state index contributed by atoms with van der Waals surface area (Å²) in [4.78, 5) is 29.1. The van der Waals surface area contributed by atoms with Crippen molar-refractivity contribution in [2.75, 3.05) is 19.6 Å². The average molecular weight is 377 g/mol. The molecule has 2 fully saturated rings. The van der Waals surface area contributed by atoms with Crippen LogP contribution >= 0.6 is 0 Å². The van der Waals surface area contributed by atoms with Gasteiger partial charge in [0.1, 0.15) is 11.9 Å². The normalized spacial score (nSPS) is 25.5. The van der Waals surface area contributed by atoms with E-state index >= 15 is 0 Å². The second-order valence-electron chi connectivity index (χ2n) is 7.93. The maximum Gasteiger partial charge on any atom is 0.321 e. The molecule has 2 amide bonds. The summed E-state index contributed by atoms with van der Waals surface area (Å²) in [5.74, 6) is 1.54. The topological polar surface area (TPSA) is 93.3 Å². The fourth-order valence-corrected chi connectivity index (χ4v) is 4.65. The van der Waals surface area contributed by atoms with Crippen molar-refractivity contribution in [1.82, 2.24) is 29.2 Å². The molecule has 0 bridgehead atoms. The lowest BCUT2D eigenvalue weighted by Crippen LogP contribution is -2.50. The number of H-pyrrole nitrogens is 1. The number of aromatic nitrogens is 4. The van der Waals surface area contributed by atoms with E-state index in [9.17, 15) is 10.1 Å². The van der Waals surface area contributed by atoms with Gasteiger partial charge in [-0.05, 0) is 31.2 Å². The molecule has 8 heteroatoms. The molecule has 2 aliphatic heterocycles. The fraction of sp³-hybridized carbons (Fsp3) is 0.500. The van der Waals surface area contributed by atoms with Crippen LogP contribution in [-0.4, -0.2) is 60.9 Å². The molecule has 5 heterocycles. The first kappa shape index (κ1) is 17.0. The highest BCUT2D eigenvalue weighted by Gasteiger charge is 2.37. The van der Waals surface area contributed by atoms with Crippen molar-refractivity contribution in [2.24, 2.45) is 5.92 Å². The number of urea groups is 1. The molecule has 0 saturated carbocycles. The molecular weight excluding hydrogens is 354 g/mol. The number of carbonyl (C=O) groups is 1. The summed E-state index contributed by atoms with van der Waals surface area (Å²) in [6.45, 7) is 4.27. The highest BCUT2D eigenvalue weighted by Crippen LogP contribution is 2.34. The molecule has 2 saturated heterocycles. The Kier molecular flexibility index (Phi) is 3.97. The van der Waals surface area contributed by atoms with E-state index in [4.69, 9.17) is 4.98 Å². The number of hydrogen-bond donors (Lipinski definition) is 1. The second-order valence-corrected chi connectivity index (χ2v) is 7.93. The minimum atomic E-state index is -0.289. The molecule has 1 N–H and O–H groups in total. The first-order valence-corrected chi connectivity index (χ1v) is 9.92. The van der Waals surface area contributed by atoms with E-state index < -0.39 is 0 Å². The Balaban J connectivity index is 1.48. The smallest absolute Gasteiger partial charge is 0.321 e. The van der Waals surface area contributed by atoms with Gasteiger partial charge >= 0.3 is 6.03 Å². The van der Waals surface area contributed by atoms with Crippen molar-refractivity contribution in [3.63, 3.8) is 0 Å². The van der Waals surface area contributed by atoms with Gasteiger partial charge in [0.15, 0.2) is 5.65 Å². The van der Waals surface area contributed by atoms with Gasteiger partial charge in [0.25, 0.3) is 0 Å². The fourth-order valence-electron chi connectivity index (χ4n) is 4.65. The quantitative estimate of drug-likeness (QED) is 0.706. The number of amides is 2. The minimum Gasteiger partial charge on any atom is -0.345 e. The van der Waals surface area contributed by atoms with Gasteiger partial charge in [-0.1, -0.05) is 6.92 Å². The van der Waals surface area contributed by atoms with Crippen LogP contribution in [0.3, 0.4) is 0 Å². The maximum absolute atomic E-state index is 13.1. The highest BCUT2D eigenvalue weighted by molar-refractivity contribution is 5.76. The number of nitrogens with zero attached hydrogens (tertiary/aromatic N) is 6. The maximum atomic E-state index is 13.1. The van der Waals surface area contributed by atoms with E-state index in [0.717, 1.165) is 48.3 Å². The van der Waals surface area contributed by atoms with Gasteiger partial charge in [-0.15, -0.1) is 0 Å². The summed E-state index contributed by atoms with van der Waals surface area (Å²) >= 11 is 0. The average Bonchev–Trinajstić information content (AvgIpc) is 3.45. The van der Waals surface area contributed by atoms with Crippen LogP contribution in [0.15, 0.2) is 24.7 Å². The molecule has 0 spiro atoms. The third-order valence-corrected chi connectivity index (χ3v) is 6.30. The highest BCUT2D eigenvalue weighted by atomic mass is 16.2. The van der Waals surface area contributed by atoms with Gasteiger partial charge in [-0.25, -0.2) is 14.8 Å². The summed E-state index contributed by atoms with van der Waals surface area (Å²) in [5.41, 5.74) is 2.80. The van der Waals surface area contributed by atoms with Crippen LogP contribution in [0.25, 0.3) is 16.7 Å². The summed E-state index contributed by atoms with van der Waals surface area (Å²) in [6.07, 6.45) is 8.18. The Morgan fingerprint density at radius 1 is 1.29 bits per heavy atom. The number of likely N-dealkylation sites (tertiary alicyclic amines) is 2. The van der Waals surface area contributed by atoms with E-state index in [1.165, 1.54) is 0 Å². The number of nitrogens with one attached hydrogen (secondary N) is 1. The molecule has 0 aliphatic carbocycles. The molecule has 144 valence electrons. The standard InChI is InChI=1S/C20H23N7O/c1-13-5-8-25(20(28)26-7-2-3-14(26)9-21)12-16(13)19-24-11-15-10-23-18-17(27(15)19)4-6-22-18/h4,6,10-11,13-14,16,22H,2-3,5,7-8,12H2,1H3/t13-,14-,16+/m1/s1. The molecule has 2 aliphatic rings. The van der Waals surface area contributed by atoms with Crippen LogP contribution in [0, 0.1) is 17.2 Å². The number of carbonyl (C=O) groups excluding carboxylic acids is 1. The van der Waals surface area contributed by atoms with E-state index in [-0.39, 0.29) is 18.0 Å². The van der Waals surface area contributed by atoms with Crippen molar-refractivity contribution in [2.45, 2.75) is 38.1 Å². The molecule has 0 radical (unpaired) electrons. The largest absolute Gasteiger partial charge is 0.345 e. The first-order chi connectivity index (χ1) is 13.7. The number of imidazole rings is 1. The lowest BCUT2D eigenvalue weighted by atomic mass is 9.86. The lowest BCUT2D eigenvalue weighted by Gasteiger charge is -2.38. The van der Waals surface area contributed by atoms with Crippen molar-refractivity contribution in [3.05, 3.63) is 30.5 Å². The summed E-state index contributed by atoms with van der Waals surface area (Å²) in [7, 11) is 0. The molecule has 3 aromatic rings. The third kappa shape index (κ3) is 2.53. The van der Waals surface area contributed by atoms with Crippen molar-refractivity contribution in [1.29, 1.82) is 5.26 Å². The predicted octanol–water partition coefficient (Wildman–Crippen LogP) is 2.74. The van der Waals surface area contributed by atoms with Crippen molar-refractivity contribution < 1.29 is 4.79 Å². The molecular formula is C20H23N7O. The lowest BCUT2D eigenvalue weighted by molar-refractivity contribution is 0.126. The number of fused-ring (bicyclic) bond motifs is 3. The molecule has 28 heavy (non-hydrogen) atoms. The number of rotatable bonds is 1. The SMILES string of the molecule is C[C@@H]1CCN(C(=O)N2CCC[C@@H]2C#N)C[C@@H]1c1ncc2cnc3[nH]ccc3n12. The molecule has 3 atom stereocenters. The third-order valence-electron chi connectivity index (χ3n) is 6.30. The number of hydrogen-bond acceptors (Lipinski definition) is 4. The summed E-state index contributed by atoms with van der Waals surface area (Å²) < 4.78 is 2.15. The van der Waals surface area contributed by atoms with Gasteiger partial charge in [0.05, 0.1) is 29.5 Å². The number of aromatic amines is 1. The zero-order valence-electron chi connectivity index (χ0n) is 15.9. The van der Waals surface area contributed by atoms with Gasteiger partial charge in [-0.2, -0.15) is 5.26 Å². The van der Waals surface area contributed by atoms with Gasteiger partial charge in [0.2, 0.25) is 0 Å². The predicted molar refractivity (Wildman–Crippen MR) is 104 cm³/mol. The van der Waals surface area contributed by atoms with Crippen LogP contribution in [-0.2, 0) is 0 Å². The Labute approximate surface area is 162 Å². The number of piperidine rings is 1. The van der Waals surface area contributed by atoms with Gasteiger partial charge in [-0.3, -0.25) is 4.40 Å². The summed E-state index contributed by atoms with van der Waals surface area (Å²) in [5, 5.41) is 9.34. The molecule has 5 rings (SSSR count). The van der Waals surface area contributed by atoms with Crippen LogP contribution in [0.2, 0.25) is 0 Å². The van der Waals surface area contributed by atoms with E-state index in [1.54, 1.807) is 4.90 Å². The Morgan fingerprint density at radius 2 is 2.14 bits per heavy atom. The van der Waals surface area contributed by atoms with Gasteiger partial charge in [0, 0.05) is 31.7 Å². The zero-order valence-corrected chi connectivity index (χ0v) is 15.9. The Morgan fingerprint density at radius 3 is 3.00 bits per heavy atom. The molecule has 0 unspecified atom stereocenters. The van der Waals surface area contributed by atoms with Crippen LogP contribution in [0.5, 0.6) is 0 Å². The van der Waals surface area contributed by atoms with E-state index in [2.05, 4.69) is 27.4 Å². The molecule has 8 nitrogen and oxygen atoms in total. The van der Waals surface area contributed by atoms with Crippen LogP contribution in [0.1, 0.15) is 37.9 Å². The monoisotopic (exact) mass is 377 g/mol. The first-order valence-electron chi connectivity index (χ1n) is 9.92. The Hall–Kier alpha value is -3.08. The van der Waals surface area contributed by atoms with Crippen LogP contribution in [0.4, 0.5) is 4.79 Å². The van der Waals surface area contributed by atoms with Crippen molar-refractivity contribution in [3.8, 4) is 6.07 Å². The second kappa shape index (κ2) is 6.51. The van der Waals surface area contributed by atoms with Gasteiger partial charge < -0.3 is 14.8 Å². The Bertz CT molecular complexity index is 1080. The van der Waals surface area contributed by atoms with Crippen molar-refractivity contribution >= 4 is 22.7 Å². The number of nitriles is 1. The minimum absolute atomic E-state index is 0.00438. The molecule has 0 aromatic carbocycles.